The molecule has 1 rings (SSSR count). The summed E-state index contributed by atoms with van der Waals surface area (Å²) in [6.07, 6.45) is 5.94. The van der Waals surface area contributed by atoms with E-state index in [1.165, 1.54) is 6.42 Å². The Hall–Kier alpha value is 0.470. The van der Waals surface area contributed by atoms with Crippen molar-refractivity contribution in [3.8, 4) is 0 Å². The standard InChI is InChI=1S/C9H16.C2H6.HI/c1-8(2)5-6-9(3,4)7-8;1-2;/h5-6H,7H2,1-4H3;1-2H3;1H. The molecule has 0 aromatic heterocycles. The average molecular weight is 282 g/mol. The normalized spacial score (nSPS) is 22.2. The maximum Gasteiger partial charge on any atom is -0.0167 e. The molecular formula is C11H23I. The lowest BCUT2D eigenvalue weighted by molar-refractivity contribution is 0.334. The Kier molecular flexibility index (Phi) is 6.55. The first kappa shape index (κ1) is 15.0. The summed E-state index contributed by atoms with van der Waals surface area (Å²) in [5, 5.41) is 0. The molecule has 0 amide bonds. The molecule has 0 aromatic carbocycles. The second kappa shape index (κ2) is 5.25. The van der Waals surface area contributed by atoms with Crippen molar-refractivity contribution in [2.24, 2.45) is 10.8 Å². The van der Waals surface area contributed by atoms with Crippen LogP contribution in [0.25, 0.3) is 0 Å². The molecule has 0 fully saturated rings. The highest BCUT2D eigenvalue weighted by Crippen LogP contribution is 2.42. The maximum atomic E-state index is 2.33. The van der Waals surface area contributed by atoms with E-state index in [-0.39, 0.29) is 24.0 Å². The Balaban J connectivity index is 0. The van der Waals surface area contributed by atoms with Gasteiger partial charge in [0.05, 0.1) is 0 Å². The minimum Gasteiger partial charge on any atom is -0.107 e. The van der Waals surface area contributed by atoms with Crippen molar-refractivity contribution in [3.63, 3.8) is 0 Å². The minimum absolute atomic E-state index is 0. The van der Waals surface area contributed by atoms with Gasteiger partial charge >= 0.3 is 0 Å². The van der Waals surface area contributed by atoms with Gasteiger partial charge in [0.2, 0.25) is 0 Å². The zero-order valence-electron chi connectivity index (χ0n) is 9.27. The molecule has 74 valence electrons. The van der Waals surface area contributed by atoms with Crippen LogP contribution in [-0.2, 0) is 0 Å². The van der Waals surface area contributed by atoms with Gasteiger partial charge in [-0.15, -0.1) is 24.0 Å². The van der Waals surface area contributed by atoms with Crippen molar-refractivity contribution in [2.75, 3.05) is 0 Å². The van der Waals surface area contributed by atoms with Gasteiger partial charge in [-0.05, 0) is 17.3 Å². The van der Waals surface area contributed by atoms with Gasteiger partial charge in [0.25, 0.3) is 0 Å². The molecule has 0 heterocycles. The molecule has 1 aliphatic rings. The molecule has 0 saturated heterocycles. The van der Waals surface area contributed by atoms with E-state index in [9.17, 15) is 0 Å². The van der Waals surface area contributed by atoms with Crippen LogP contribution in [0.2, 0.25) is 0 Å². The van der Waals surface area contributed by atoms with Crippen LogP contribution in [0.1, 0.15) is 48.0 Å². The van der Waals surface area contributed by atoms with E-state index >= 15 is 0 Å². The molecule has 12 heavy (non-hydrogen) atoms. The van der Waals surface area contributed by atoms with E-state index in [2.05, 4.69) is 39.8 Å². The topological polar surface area (TPSA) is 0 Å². The van der Waals surface area contributed by atoms with Crippen LogP contribution in [0.5, 0.6) is 0 Å². The van der Waals surface area contributed by atoms with Gasteiger partial charge < -0.3 is 0 Å². The Morgan fingerprint density at radius 2 is 1.08 bits per heavy atom. The van der Waals surface area contributed by atoms with Crippen LogP contribution in [0.3, 0.4) is 0 Å². The number of allylic oxidation sites excluding steroid dienone is 2. The van der Waals surface area contributed by atoms with Crippen molar-refractivity contribution in [1.29, 1.82) is 0 Å². The molecule has 0 spiro atoms. The summed E-state index contributed by atoms with van der Waals surface area (Å²) < 4.78 is 0. The van der Waals surface area contributed by atoms with Gasteiger partial charge in [0.15, 0.2) is 0 Å². The summed E-state index contributed by atoms with van der Waals surface area (Å²) in [5.74, 6) is 0. The first-order valence-electron chi connectivity index (χ1n) is 4.62. The van der Waals surface area contributed by atoms with Gasteiger partial charge in [0, 0.05) is 0 Å². The molecule has 0 N–H and O–H groups in total. The average Bonchev–Trinajstić information content (AvgIpc) is 2.10. The lowest BCUT2D eigenvalue weighted by atomic mass is 9.83. The van der Waals surface area contributed by atoms with Gasteiger partial charge in [-0.3, -0.25) is 0 Å². The smallest absolute Gasteiger partial charge is 0.0167 e. The number of hydrogen-bond donors (Lipinski definition) is 0. The molecular weight excluding hydrogens is 259 g/mol. The summed E-state index contributed by atoms with van der Waals surface area (Å²) in [6, 6.07) is 0. The molecule has 0 nitrogen and oxygen atoms in total. The quantitative estimate of drug-likeness (QED) is 0.448. The van der Waals surface area contributed by atoms with Crippen LogP contribution in [-0.4, -0.2) is 0 Å². The van der Waals surface area contributed by atoms with Gasteiger partial charge in [-0.25, -0.2) is 0 Å². The van der Waals surface area contributed by atoms with Crippen LogP contribution in [0, 0.1) is 10.8 Å². The minimum atomic E-state index is 0. The molecule has 0 radical (unpaired) electrons. The predicted molar refractivity (Wildman–Crippen MR) is 68.1 cm³/mol. The van der Waals surface area contributed by atoms with Gasteiger partial charge in [0.1, 0.15) is 0 Å². The molecule has 0 aliphatic heterocycles. The van der Waals surface area contributed by atoms with Crippen LogP contribution < -0.4 is 0 Å². The zero-order chi connectivity index (χ0) is 9.12. The Morgan fingerprint density at radius 1 is 0.833 bits per heavy atom. The number of halogens is 1. The van der Waals surface area contributed by atoms with E-state index in [0.717, 1.165) is 0 Å². The predicted octanol–water partition coefficient (Wildman–Crippen LogP) is 4.64. The van der Waals surface area contributed by atoms with Crippen molar-refractivity contribution in [2.45, 2.75) is 48.0 Å². The third kappa shape index (κ3) is 5.18. The zero-order valence-corrected chi connectivity index (χ0v) is 11.6. The second-order valence-electron chi connectivity index (χ2n) is 4.49. The molecule has 0 saturated carbocycles. The van der Waals surface area contributed by atoms with Crippen LogP contribution >= 0.6 is 24.0 Å². The summed E-state index contributed by atoms with van der Waals surface area (Å²) >= 11 is 0. The number of rotatable bonds is 0. The van der Waals surface area contributed by atoms with Crippen LogP contribution in [0.4, 0.5) is 0 Å². The van der Waals surface area contributed by atoms with Crippen molar-refractivity contribution in [1.82, 2.24) is 0 Å². The van der Waals surface area contributed by atoms with E-state index in [4.69, 9.17) is 0 Å². The third-order valence-electron chi connectivity index (χ3n) is 1.90. The summed E-state index contributed by atoms with van der Waals surface area (Å²) in [7, 11) is 0. The Morgan fingerprint density at radius 3 is 1.17 bits per heavy atom. The fraction of sp³-hybridized carbons (Fsp3) is 0.818. The highest BCUT2D eigenvalue weighted by Gasteiger charge is 2.30. The lowest BCUT2D eigenvalue weighted by Crippen LogP contribution is -2.11. The largest absolute Gasteiger partial charge is 0.107 e. The molecule has 0 bridgehead atoms. The monoisotopic (exact) mass is 282 g/mol. The lowest BCUT2D eigenvalue weighted by Gasteiger charge is -2.21. The van der Waals surface area contributed by atoms with E-state index in [1.54, 1.807) is 0 Å². The van der Waals surface area contributed by atoms with Crippen molar-refractivity contribution in [3.05, 3.63) is 12.2 Å². The van der Waals surface area contributed by atoms with E-state index in [0.29, 0.717) is 10.8 Å². The van der Waals surface area contributed by atoms with E-state index < -0.39 is 0 Å². The molecule has 0 aromatic rings. The molecule has 1 aliphatic carbocycles. The van der Waals surface area contributed by atoms with Crippen LogP contribution in [0.15, 0.2) is 12.2 Å². The summed E-state index contributed by atoms with van der Waals surface area (Å²) in [4.78, 5) is 0. The fourth-order valence-electron chi connectivity index (χ4n) is 1.74. The molecule has 0 unspecified atom stereocenters. The van der Waals surface area contributed by atoms with E-state index in [1.807, 2.05) is 13.8 Å². The molecule has 1 heteroatoms. The highest BCUT2D eigenvalue weighted by atomic mass is 127. The van der Waals surface area contributed by atoms with Gasteiger partial charge in [-0.2, -0.15) is 0 Å². The fourth-order valence-corrected chi connectivity index (χ4v) is 1.74. The van der Waals surface area contributed by atoms with Crippen molar-refractivity contribution < 1.29 is 0 Å². The Labute approximate surface area is 94.8 Å². The third-order valence-corrected chi connectivity index (χ3v) is 1.90. The van der Waals surface area contributed by atoms with Gasteiger partial charge in [-0.1, -0.05) is 53.7 Å². The summed E-state index contributed by atoms with van der Waals surface area (Å²) in [5.41, 5.74) is 0.896. The first-order chi connectivity index (χ1) is 4.91. The number of hydrogen-bond acceptors (Lipinski definition) is 0. The second-order valence-corrected chi connectivity index (χ2v) is 4.49. The molecule has 0 atom stereocenters. The highest BCUT2D eigenvalue weighted by molar-refractivity contribution is 14.0. The maximum absolute atomic E-state index is 2.33. The summed E-state index contributed by atoms with van der Waals surface area (Å²) in [6.45, 7) is 13.2. The Bertz CT molecular complexity index is 127. The SMILES string of the molecule is CC.CC1(C)C=CC(C)(C)C1.I. The first-order valence-corrected chi connectivity index (χ1v) is 4.62. The van der Waals surface area contributed by atoms with Crippen molar-refractivity contribution >= 4 is 24.0 Å².